The van der Waals surface area contributed by atoms with Gasteiger partial charge in [-0.3, -0.25) is 0 Å². The fraction of sp³-hybridized carbons (Fsp3) is 0.143. The first-order chi connectivity index (χ1) is 10.4. The van der Waals surface area contributed by atoms with Gasteiger partial charge in [-0.25, -0.2) is 0 Å². The van der Waals surface area contributed by atoms with Gasteiger partial charge < -0.3 is 14.4 Å². The number of benzene rings is 2. The second kappa shape index (κ2) is 5.87. The van der Waals surface area contributed by atoms with Crippen molar-refractivity contribution in [1.82, 2.24) is 0 Å². The average molecular weight is 326 g/mol. The van der Waals surface area contributed by atoms with Gasteiger partial charge in [0.05, 0.1) is 6.61 Å². The van der Waals surface area contributed by atoms with Crippen LogP contribution in [-0.2, 0) is 11.3 Å². The van der Waals surface area contributed by atoms with E-state index in [0.29, 0.717) is 6.61 Å². The monoisotopic (exact) mass is 326 g/mol. The summed E-state index contributed by atoms with van der Waals surface area (Å²) in [6.45, 7) is 0.380. The number of hydrogen-bond donors (Lipinski definition) is 1. The molecule has 0 saturated carbocycles. The van der Waals surface area contributed by atoms with E-state index in [0.717, 1.165) is 20.8 Å². The Morgan fingerprint density at radius 3 is 2.45 bits per heavy atom. The molecular formula is C14H10BF3O3S. The van der Waals surface area contributed by atoms with Gasteiger partial charge in [0.15, 0.2) is 0 Å². The zero-order chi connectivity index (χ0) is 15.7. The summed E-state index contributed by atoms with van der Waals surface area (Å²) in [5.74, 6) is -0.255. The predicted octanol–water partition coefficient (Wildman–Crippen LogP) is 2.95. The average Bonchev–Trinajstić information content (AvgIpc) is 2.81. The van der Waals surface area contributed by atoms with E-state index in [-0.39, 0.29) is 5.75 Å². The molecule has 3 rings (SSSR count). The van der Waals surface area contributed by atoms with Crippen LogP contribution in [0.15, 0.2) is 52.3 Å². The Kier molecular flexibility index (Phi) is 4.07. The molecule has 1 aliphatic rings. The van der Waals surface area contributed by atoms with Crippen molar-refractivity contribution >= 4 is 24.3 Å². The van der Waals surface area contributed by atoms with Crippen molar-refractivity contribution in [3.8, 4) is 5.75 Å². The third kappa shape index (κ3) is 3.57. The lowest BCUT2D eigenvalue weighted by atomic mass is 9.80. The maximum absolute atomic E-state index is 12.1. The molecule has 22 heavy (non-hydrogen) atoms. The Balaban J connectivity index is 1.72. The highest BCUT2D eigenvalue weighted by Crippen LogP contribution is 2.31. The van der Waals surface area contributed by atoms with Gasteiger partial charge in [-0.1, -0.05) is 17.8 Å². The van der Waals surface area contributed by atoms with E-state index in [1.54, 1.807) is 12.1 Å². The molecule has 0 atom stereocenters. The first kappa shape index (κ1) is 15.3. The molecule has 0 amide bonds. The topological polar surface area (TPSA) is 38.7 Å². The van der Waals surface area contributed by atoms with Crippen LogP contribution in [0.25, 0.3) is 0 Å². The van der Waals surface area contributed by atoms with Crippen LogP contribution in [0.3, 0.4) is 0 Å². The Hall–Kier alpha value is -1.64. The summed E-state index contributed by atoms with van der Waals surface area (Å²) in [5.41, 5.74) is 1.66. The Morgan fingerprint density at radius 1 is 1.09 bits per heavy atom. The molecule has 0 fully saturated rings. The van der Waals surface area contributed by atoms with E-state index in [1.807, 2.05) is 18.2 Å². The van der Waals surface area contributed by atoms with E-state index >= 15 is 0 Å². The van der Waals surface area contributed by atoms with Crippen molar-refractivity contribution in [2.75, 3.05) is 0 Å². The summed E-state index contributed by atoms with van der Waals surface area (Å²) in [6, 6.07) is 11.2. The lowest BCUT2D eigenvalue weighted by Crippen LogP contribution is -2.27. The quantitative estimate of drug-likeness (QED) is 0.881. The maximum Gasteiger partial charge on any atom is 0.573 e. The minimum atomic E-state index is -4.69. The van der Waals surface area contributed by atoms with Crippen LogP contribution >= 0.6 is 11.8 Å². The molecule has 1 N–H and O–H groups in total. The van der Waals surface area contributed by atoms with Crippen molar-refractivity contribution < 1.29 is 27.6 Å². The van der Waals surface area contributed by atoms with E-state index < -0.39 is 13.5 Å². The molecule has 2 aromatic rings. The number of hydrogen-bond acceptors (Lipinski definition) is 4. The first-order valence-electron chi connectivity index (χ1n) is 6.37. The molecule has 1 aliphatic heterocycles. The molecule has 0 bridgehead atoms. The van der Waals surface area contributed by atoms with Crippen LogP contribution in [0.2, 0.25) is 0 Å². The molecule has 1 heterocycles. The summed E-state index contributed by atoms with van der Waals surface area (Å²) >= 11 is 1.38. The van der Waals surface area contributed by atoms with E-state index in [9.17, 15) is 18.2 Å². The molecule has 0 spiro atoms. The van der Waals surface area contributed by atoms with Crippen LogP contribution < -0.4 is 10.2 Å². The highest BCUT2D eigenvalue weighted by molar-refractivity contribution is 7.99. The fourth-order valence-electron chi connectivity index (χ4n) is 2.10. The minimum absolute atomic E-state index is 0.255. The van der Waals surface area contributed by atoms with Crippen molar-refractivity contribution in [2.24, 2.45) is 0 Å². The molecule has 0 saturated heterocycles. The second-order valence-corrected chi connectivity index (χ2v) is 5.79. The molecule has 2 aromatic carbocycles. The van der Waals surface area contributed by atoms with Crippen LogP contribution in [0.1, 0.15) is 5.56 Å². The van der Waals surface area contributed by atoms with Crippen molar-refractivity contribution in [1.29, 1.82) is 0 Å². The summed E-state index contributed by atoms with van der Waals surface area (Å²) in [4.78, 5) is 1.63. The summed E-state index contributed by atoms with van der Waals surface area (Å²) < 4.78 is 45.2. The lowest BCUT2D eigenvalue weighted by molar-refractivity contribution is -0.274. The van der Waals surface area contributed by atoms with Crippen molar-refractivity contribution in [3.05, 3.63) is 48.0 Å². The highest BCUT2D eigenvalue weighted by atomic mass is 32.2. The number of rotatable bonds is 3. The molecular weight excluding hydrogens is 316 g/mol. The second-order valence-electron chi connectivity index (χ2n) is 4.65. The number of alkyl halides is 3. The number of halogens is 3. The zero-order valence-corrected chi connectivity index (χ0v) is 11.9. The number of ether oxygens (including phenoxy) is 1. The summed E-state index contributed by atoms with van der Waals surface area (Å²) in [5, 5.41) is 9.66. The molecule has 3 nitrogen and oxygen atoms in total. The molecule has 114 valence electrons. The normalized spacial score (nSPS) is 14.1. The molecule has 0 radical (unpaired) electrons. The van der Waals surface area contributed by atoms with Crippen LogP contribution in [0, 0.1) is 0 Å². The standard InChI is InChI=1S/C14H10BF3O3S/c16-14(17,18)21-10-2-5-11(6-3-10)22-12-4-1-9-8-20-15(19)13(9)7-12/h1-7,19H,8H2. The third-order valence-corrected chi connectivity index (χ3v) is 4.07. The molecule has 0 unspecified atom stereocenters. The lowest BCUT2D eigenvalue weighted by Gasteiger charge is -2.09. The van der Waals surface area contributed by atoms with E-state index in [4.69, 9.17) is 4.65 Å². The van der Waals surface area contributed by atoms with E-state index in [2.05, 4.69) is 4.74 Å². The Bertz CT molecular complexity index is 676. The van der Waals surface area contributed by atoms with Crippen LogP contribution in [0.4, 0.5) is 13.2 Å². The smallest absolute Gasteiger partial charge is 0.423 e. The van der Waals surface area contributed by atoms with Gasteiger partial charge in [-0.15, -0.1) is 13.2 Å². The minimum Gasteiger partial charge on any atom is -0.423 e. The van der Waals surface area contributed by atoms with Gasteiger partial charge in [0.2, 0.25) is 0 Å². The Labute approximate surface area is 129 Å². The predicted molar refractivity (Wildman–Crippen MR) is 76.1 cm³/mol. The fourth-order valence-corrected chi connectivity index (χ4v) is 2.97. The first-order valence-corrected chi connectivity index (χ1v) is 7.18. The summed E-state index contributed by atoms with van der Waals surface area (Å²) in [6.07, 6.45) is -4.69. The largest absolute Gasteiger partial charge is 0.573 e. The van der Waals surface area contributed by atoms with Crippen LogP contribution in [-0.4, -0.2) is 18.5 Å². The van der Waals surface area contributed by atoms with Crippen molar-refractivity contribution in [3.63, 3.8) is 0 Å². The van der Waals surface area contributed by atoms with Gasteiger partial charge in [-0.2, -0.15) is 0 Å². The summed E-state index contributed by atoms with van der Waals surface area (Å²) in [7, 11) is -0.918. The van der Waals surface area contributed by atoms with Gasteiger partial charge >= 0.3 is 13.5 Å². The highest BCUT2D eigenvalue weighted by Gasteiger charge is 2.31. The Morgan fingerprint density at radius 2 is 1.77 bits per heavy atom. The molecule has 8 heteroatoms. The zero-order valence-electron chi connectivity index (χ0n) is 11.1. The van der Waals surface area contributed by atoms with Gasteiger partial charge in [0.1, 0.15) is 5.75 Å². The molecule has 0 aliphatic carbocycles. The van der Waals surface area contributed by atoms with Gasteiger partial charge in [0, 0.05) is 9.79 Å². The van der Waals surface area contributed by atoms with E-state index in [1.165, 1.54) is 23.9 Å². The number of fused-ring (bicyclic) bond motifs is 1. The van der Waals surface area contributed by atoms with Gasteiger partial charge in [0.25, 0.3) is 0 Å². The van der Waals surface area contributed by atoms with Crippen molar-refractivity contribution in [2.45, 2.75) is 22.8 Å². The third-order valence-electron chi connectivity index (χ3n) is 3.07. The SMILES string of the molecule is OB1OCc2ccc(Sc3ccc(OC(F)(F)F)cc3)cc21. The molecule has 0 aromatic heterocycles. The van der Waals surface area contributed by atoms with Gasteiger partial charge in [-0.05, 0) is 47.4 Å². The van der Waals surface area contributed by atoms with Crippen LogP contribution in [0.5, 0.6) is 5.75 Å². The maximum atomic E-state index is 12.1.